The maximum absolute atomic E-state index is 11.8. The van der Waals surface area contributed by atoms with E-state index in [2.05, 4.69) is 6.08 Å². The first kappa shape index (κ1) is 13.0. The molecule has 1 heterocycles. The molecular weight excluding hydrogens is 250 g/mol. The third-order valence-electron chi connectivity index (χ3n) is 3.03. The van der Waals surface area contributed by atoms with Crippen molar-refractivity contribution >= 4 is 23.1 Å². The molecule has 3 nitrogen and oxygen atoms in total. The lowest BCUT2D eigenvalue weighted by Crippen LogP contribution is -2.33. The molecule has 0 radical (unpaired) electrons. The monoisotopic (exact) mass is 265 g/mol. The van der Waals surface area contributed by atoms with E-state index in [1.807, 2.05) is 24.3 Å². The fraction of sp³-hybridized carbons (Fsp3) is 0.357. The van der Waals surface area contributed by atoms with Crippen LogP contribution < -0.4 is 4.74 Å². The molecule has 1 amide bonds. The molecule has 0 fully saturated rings. The van der Waals surface area contributed by atoms with E-state index < -0.39 is 5.38 Å². The molecule has 18 heavy (non-hydrogen) atoms. The van der Waals surface area contributed by atoms with Gasteiger partial charge >= 0.3 is 0 Å². The minimum atomic E-state index is -0.464. The number of nitrogens with zero attached hydrogens (tertiary/aromatic N) is 1. The second kappa shape index (κ2) is 5.44. The summed E-state index contributed by atoms with van der Waals surface area (Å²) < 4.78 is 5.12. The van der Waals surface area contributed by atoms with Gasteiger partial charge in [-0.2, -0.15) is 0 Å². The summed E-state index contributed by atoms with van der Waals surface area (Å²) in [4.78, 5) is 13.5. The van der Waals surface area contributed by atoms with Gasteiger partial charge in [0.2, 0.25) is 5.91 Å². The number of amides is 1. The van der Waals surface area contributed by atoms with Crippen molar-refractivity contribution in [2.45, 2.75) is 12.3 Å². The fourth-order valence-corrected chi connectivity index (χ4v) is 2.13. The molecule has 1 aliphatic rings. The zero-order valence-corrected chi connectivity index (χ0v) is 11.3. The number of ether oxygens (including phenoxy) is 1. The Labute approximate surface area is 112 Å². The highest BCUT2D eigenvalue weighted by molar-refractivity contribution is 6.30. The van der Waals surface area contributed by atoms with Crippen LogP contribution in [0.5, 0.6) is 5.75 Å². The third-order valence-corrected chi connectivity index (χ3v) is 3.22. The molecule has 0 N–H and O–H groups in total. The first-order chi connectivity index (χ1) is 8.61. The van der Waals surface area contributed by atoms with Crippen molar-refractivity contribution in [2.75, 3.05) is 20.2 Å². The Balaban J connectivity index is 2.05. The van der Waals surface area contributed by atoms with Crippen molar-refractivity contribution in [2.24, 2.45) is 0 Å². The van der Waals surface area contributed by atoms with Crippen LogP contribution in [0.1, 0.15) is 12.5 Å². The molecule has 1 atom stereocenters. The predicted molar refractivity (Wildman–Crippen MR) is 72.9 cm³/mol. The minimum absolute atomic E-state index is 0.0172. The fourth-order valence-electron chi connectivity index (χ4n) is 1.99. The lowest BCUT2D eigenvalue weighted by atomic mass is 10.1. The number of methoxy groups -OCH3 is 1. The average Bonchev–Trinajstić information content (AvgIpc) is 2.87. The number of halogens is 1. The first-order valence-electron chi connectivity index (χ1n) is 5.88. The number of benzene rings is 1. The summed E-state index contributed by atoms with van der Waals surface area (Å²) in [6.07, 6.45) is 2.07. The van der Waals surface area contributed by atoms with Crippen LogP contribution >= 0.6 is 11.6 Å². The van der Waals surface area contributed by atoms with E-state index in [1.54, 1.807) is 18.9 Å². The molecule has 1 aromatic carbocycles. The average molecular weight is 266 g/mol. The van der Waals surface area contributed by atoms with Crippen LogP contribution in [0.2, 0.25) is 0 Å². The van der Waals surface area contributed by atoms with Crippen LogP contribution in [0, 0.1) is 0 Å². The lowest BCUT2D eigenvalue weighted by Gasteiger charge is -2.17. The molecule has 2 rings (SSSR count). The van der Waals surface area contributed by atoms with E-state index in [-0.39, 0.29) is 5.91 Å². The molecule has 0 aromatic heterocycles. The number of rotatable bonds is 3. The number of hydrogen-bond donors (Lipinski definition) is 0. The second-order valence-corrected chi connectivity index (χ2v) is 4.95. The van der Waals surface area contributed by atoms with E-state index in [9.17, 15) is 4.79 Å². The van der Waals surface area contributed by atoms with Gasteiger partial charge in [0.15, 0.2) is 0 Å². The van der Waals surface area contributed by atoms with Crippen molar-refractivity contribution < 1.29 is 9.53 Å². The van der Waals surface area contributed by atoms with Crippen molar-refractivity contribution in [1.29, 1.82) is 0 Å². The van der Waals surface area contributed by atoms with Crippen LogP contribution in [0.15, 0.2) is 30.3 Å². The number of carbonyl (C=O) groups is 1. The van der Waals surface area contributed by atoms with E-state index in [1.165, 1.54) is 0 Å². The normalized spacial score (nSPS) is 16.4. The molecule has 0 saturated heterocycles. The van der Waals surface area contributed by atoms with E-state index >= 15 is 0 Å². The summed E-state index contributed by atoms with van der Waals surface area (Å²) in [5, 5.41) is -0.464. The number of carbonyl (C=O) groups excluding carboxylic acids is 1. The van der Waals surface area contributed by atoms with Gasteiger partial charge in [0.1, 0.15) is 11.1 Å². The molecule has 0 bridgehead atoms. The van der Waals surface area contributed by atoms with Gasteiger partial charge in [-0.1, -0.05) is 18.2 Å². The zero-order chi connectivity index (χ0) is 13.1. The van der Waals surface area contributed by atoms with Gasteiger partial charge in [0, 0.05) is 13.1 Å². The van der Waals surface area contributed by atoms with Crippen molar-refractivity contribution in [3.8, 4) is 5.75 Å². The Bertz CT molecular complexity index is 465. The lowest BCUT2D eigenvalue weighted by molar-refractivity contribution is -0.129. The summed E-state index contributed by atoms with van der Waals surface area (Å²) in [5.41, 5.74) is 2.27. The summed E-state index contributed by atoms with van der Waals surface area (Å²) in [5.74, 6) is 0.816. The smallest absolute Gasteiger partial charge is 0.240 e. The molecule has 0 spiro atoms. The highest BCUT2D eigenvalue weighted by Gasteiger charge is 2.23. The van der Waals surface area contributed by atoms with Gasteiger partial charge in [-0.15, -0.1) is 11.6 Å². The van der Waals surface area contributed by atoms with Gasteiger partial charge in [-0.3, -0.25) is 4.79 Å². The van der Waals surface area contributed by atoms with Gasteiger partial charge in [-0.05, 0) is 30.2 Å². The van der Waals surface area contributed by atoms with Gasteiger partial charge in [-0.25, -0.2) is 0 Å². The molecule has 1 aromatic rings. The van der Waals surface area contributed by atoms with Gasteiger partial charge in [0.05, 0.1) is 7.11 Å². The Kier molecular flexibility index (Phi) is 3.92. The molecule has 96 valence electrons. The standard InChI is InChI=1S/C14H16ClNO2/c1-10(15)14(17)16-8-7-12(9-16)11-3-5-13(18-2)6-4-11/h3-7,10H,8-9H2,1-2H3. The molecule has 0 saturated carbocycles. The predicted octanol–water partition coefficient (Wildman–Crippen LogP) is 2.55. The topological polar surface area (TPSA) is 29.5 Å². The van der Waals surface area contributed by atoms with Crippen LogP contribution in [0.4, 0.5) is 0 Å². The number of hydrogen-bond acceptors (Lipinski definition) is 2. The highest BCUT2D eigenvalue weighted by atomic mass is 35.5. The highest BCUT2D eigenvalue weighted by Crippen LogP contribution is 2.24. The molecule has 4 heteroatoms. The van der Waals surface area contributed by atoms with Crippen molar-refractivity contribution in [3.05, 3.63) is 35.9 Å². The zero-order valence-electron chi connectivity index (χ0n) is 10.5. The van der Waals surface area contributed by atoms with E-state index in [0.717, 1.165) is 16.9 Å². The second-order valence-electron chi connectivity index (χ2n) is 4.29. The van der Waals surface area contributed by atoms with Crippen LogP contribution in [0.25, 0.3) is 5.57 Å². The summed E-state index contributed by atoms with van der Waals surface area (Å²) in [6.45, 7) is 2.97. The van der Waals surface area contributed by atoms with Crippen molar-refractivity contribution in [1.82, 2.24) is 4.90 Å². The van der Waals surface area contributed by atoms with Gasteiger partial charge in [0.25, 0.3) is 0 Å². The van der Waals surface area contributed by atoms with Crippen LogP contribution in [-0.4, -0.2) is 36.4 Å². The molecule has 0 aliphatic carbocycles. The first-order valence-corrected chi connectivity index (χ1v) is 6.32. The van der Waals surface area contributed by atoms with Crippen LogP contribution in [-0.2, 0) is 4.79 Å². The molecule has 1 aliphatic heterocycles. The molecule has 1 unspecified atom stereocenters. The maximum Gasteiger partial charge on any atom is 0.240 e. The quantitative estimate of drug-likeness (QED) is 0.786. The third kappa shape index (κ3) is 2.67. The van der Waals surface area contributed by atoms with Crippen molar-refractivity contribution in [3.63, 3.8) is 0 Å². The van der Waals surface area contributed by atoms with E-state index in [0.29, 0.717) is 13.1 Å². The Hall–Kier alpha value is -1.48. The largest absolute Gasteiger partial charge is 0.497 e. The van der Waals surface area contributed by atoms with E-state index in [4.69, 9.17) is 16.3 Å². The minimum Gasteiger partial charge on any atom is -0.497 e. The Morgan fingerprint density at radius 1 is 1.39 bits per heavy atom. The Morgan fingerprint density at radius 2 is 2.06 bits per heavy atom. The number of alkyl halides is 1. The van der Waals surface area contributed by atoms with Crippen LogP contribution in [0.3, 0.4) is 0 Å². The summed E-state index contributed by atoms with van der Waals surface area (Å²) in [7, 11) is 1.64. The summed E-state index contributed by atoms with van der Waals surface area (Å²) >= 11 is 5.81. The summed E-state index contributed by atoms with van der Waals surface area (Å²) in [6, 6.07) is 7.85. The SMILES string of the molecule is COc1ccc(C2=CCN(C(=O)C(C)Cl)C2)cc1. The maximum atomic E-state index is 11.8. The molecular formula is C14H16ClNO2. The Morgan fingerprint density at radius 3 is 2.61 bits per heavy atom. The van der Waals surface area contributed by atoms with Gasteiger partial charge < -0.3 is 9.64 Å².